The van der Waals surface area contributed by atoms with Crippen molar-refractivity contribution < 1.29 is 9.90 Å². The number of aliphatic hydroxyl groups excluding tert-OH is 1. The molecule has 0 aliphatic carbocycles. The van der Waals surface area contributed by atoms with Crippen LogP contribution in [0, 0.1) is 12.3 Å². The topological polar surface area (TPSA) is 49.3 Å². The van der Waals surface area contributed by atoms with Crippen LogP contribution in [0.2, 0.25) is 0 Å². The van der Waals surface area contributed by atoms with E-state index in [1.807, 2.05) is 19.9 Å². The molecule has 1 aromatic rings. The van der Waals surface area contributed by atoms with E-state index in [2.05, 4.69) is 19.2 Å². The number of thiophene rings is 1. The van der Waals surface area contributed by atoms with Crippen molar-refractivity contribution in [3.63, 3.8) is 0 Å². The first-order chi connectivity index (χ1) is 8.89. The number of nitrogens with one attached hydrogen (secondary N) is 1. The summed E-state index contributed by atoms with van der Waals surface area (Å²) in [5, 5.41) is 12.1. The van der Waals surface area contributed by atoms with Crippen LogP contribution in [-0.2, 0) is 6.42 Å². The standard InChI is InChI=1S/C15H25NO2S/c1-5-12-9-13(19-11(12)2)14(18)16-8-6-7-15(3,4)10-17/h9,17H,5-8,10H2,1-4H3,(H,16,18). The van der Waals surface area contributed by atoms with Gasteiger partial charge in [-0.3, -0.25) is 4.79 Å². The zero-order chi connectivity index (χ0) is 14.5. The molecule has 0 fully saturated rings. The minimum absolute atomic E-state index is 0.0228. The highest BCUT2D eigenvalue weighted by atomic mass is 32.1. The summed E-state index contributed by atoms with van der Waals surface area (Å²) in [6.07, 6.45) is 2.78. The predicted molar refractivity (Wildman–Crippen MR) is 80.9 cm³/mol. The molecule has 1 aromatic heterocycles. The van der Waals surface area contributed by atoms with Gasteiger partial charge in [0.25, 0.3) is 5.91 Å². The van der Waals surface area contributed by atoms with Crippen molar-refractivity contribution in [3.05, 3.63) is 21.4 Å². The van der Waals surface area contributed by atoms with E-state index in [4.69, 9.17) is 5.11 Å². The number of carbonyl (C=O) groups is 1. The molecule has 0 saturated carbocycles. The Labute approximate surface area is 120 Å². The van der Waals surface area contributed by atoms with Crippen LogP contribution in [0.15, 0.2) is 6.07 Å². The monoisotopic (exact) mass is 283 g/mol. The number of amides is 1. The predicted octanol–water partition coefficient (Wildman–Crippen LogP) is 3.15. The second kappa shape index (κ2) is 7.06. The van der Waals surface area contributed by atoms with Crippen molar-refractivity contribution in [1.82, 2.24) is 5.32 Å². The Morgan fingerprint density at radius 1 is 1.47 bits per heavy atom. The van der Waals surface area contributed by atoms with E-state index >= 15 is 0 Å². The number of hydrogen-bond donors (Lipinski definition) is 2. The molecular formula is C15H25NO2S. The van der Waals surface area contributed by atoms with E-state index < -0.39 is 0 Å². The maximum absolute atomic E-state index is 12.0. The van der Waals surface area contributed by atoms with Crippen LogP contribution < -0.4 is 5.32 Å². The minimum atomic E-state index is -0.0559. The normalized spacial score (nSPS) is 11.6. The lowest BCUT2D eigenvalue weighted by Gasteiger charge is -2.21. The lowest BCUT2D eigenvalue weighted by atomic mass is 9.89. The third kappa shape index (κ3) is 4.96. The molecule has 0 unspecified atom stereocenters. The Hall–Kier alpha value is -0.870. The van der Waals surface area contributed by atoms with E-state index in [1.54, 1.807) is 11.3 Å². The van der Waals surface area contributed by atoms with Gasteiger partial charge >= 0.3 is 0 Å². The molecular weight excluding hydrogens is 258 g/mol. The van der Waals surface area contributed by atoms with Gasteiger partial charge in [-0.05, 0) is 43.2 Å². The summed E-state index contributed by atoms with van der Waals surface area (Å²) in [5.74, 6) is 0.0228. The lowest BCUT2D eigenvalue weighted by molar-refractivity contribution is 0.0952. The SMILES string of the molecule is CCc1cc(C(=O)NCCCC(C)(C)CO)sc1C. The van der Waals surface area contributed by atoms with Gasteiger partial charge in [-0.15, -0.1) is 11.3 Å². The Bertz CT molecular complexity index is 424. The van der Waals surface area contributed by atoms with Crippen molar-refractivity contribution in [2.75, 3.05) is 13.2 Å². The fourth-order valence-corrected chi connectivity index (χ4v) is 2.95. The molecule has 1 heterocycles. The van der Waals surface area contributed by atoms with Gasteiger partial charge in [0.1, 0.15) is 0 Å². The summed E-state index contributed by atoms with van der Waals surface area (Å²) in [7, 11) is 0. The van der Waals surface area contributed by atoms with Crippen molar-refractivity contribution in [3.8, 4) is 0 Å². The Kier molecular flexibility index (Phi) is 6.01. The minimum Gasteiger partial charge on any atom is -0.396 e. The molecule has 0 aliphatic heterocycles. The lowest BCUT2D eigenvalue weighted by Crippen LogP contribution is -2.25. The molecule has 0 bridgehead atoms. The number of rotatable bonds is 7. The van der Waals surface area contributed by atoms with Crippen LogP contribution >= 0.6 is 11.3 Å². The van der Waals surface area contributed by atoms with E-state index in [1.165, 1.54) is 10.4 Å². The van der Waals surface area contributed by atoms with Crippen LogP contribution in [0.3, 0.4) is 0 Å². The molecule has 2 N–H and O–H groups in total. The summed E-state index contributed by atoms with van der Waals surface area (Å²) < 4.78 is 0. The number of carbonyl (C=O) groups excluding carboxylic acids is 1. The molecule has 3 nitrogen and oxygen atoms in total. The van der Waals surface area contributed by atoms with Crippen LogP contribution in [0.25, 0.3) is 0 Å². The molecule has 4 heteroatoms. The molecule has 0 aromatic carbocycles. The fourth-order valence-electron chi connectivity index (χ4n) is 1.92. The number of aliphatic hydroxyl groups is 1. The Balaban J connectivity index is 2.39. The molecule has 0 spiro atoms. The van der Waals surface area contributed by atoms with E-state index in [-0.39, 0.29) is 17.9 Å². The van der Waals surface area contributed by atoms with Crippen LogP contribution in [-0.4, -0.2) is 24.2 Å². The highest BCUT2D eigenvalue weighted by Crippen LogP contribution is 2.22. The first kappa shape index (κ1) is 16.2. The molecule has 1 amide bonds. The highest BCUT2D eigenvalue weighted by molar-refractivity contribution is 7.14. The van der Waals surface area contributed by atoms with Gasteiger partial charge < -0.3 is 10.4 Å². The third-order valence-electron chi connectivity index (χ3n) is 3.37. The van der Waals surface area contributed by atoms with E-state index in [0.717, 1.165) is 24.1 Å². The van der Waals surface area contributed by atoms with Crippen LogP contribution in [0.4, 0.5) is 0 Å². The molecule has 0 atom stereocenters. The summed E-state index contributed by atoms with van der Waals surface area (Å²) in [6, 6.07) is 1.99. The fraction of sp³-hybridized carbons (Fsp3) is 0.667. The molecule has 1 rings (SSSR count). The second-order valence-corrected chi connectivity index (χ2v) is 6.98. The maximum atomic E-state index is 12.0. The smallest absolute Gasteiger partial charge is 0.261 e. The Morgan fingerprint density at radius 2 is 2.16 bits per heavy atom. The van der Waals surface area contributed by atoms with E-state index in [9.17, 15) is 4.79 Å². The molecule has 0 aliphatic rings. The average molecular weight is 283 g/mol. The third-order valence-corrected chi connectivity index (χ3v) is 4.46. The Morgan fingerprint density at radius 3 is 2.68 bits per heavy atom. The number of aryl methyl sites for hydroxylation is 2. The van der Waals surface area contributed by atoms with Crippen molar-refractivity contribution in [1.29, 1.82) is 0 Å². The van der Waals surface area contributed by atoms with Crippen molar-refractivity contribution in [2.24, 2.45) is 5.41 Å². The van der Waals surface area contributed by atoms with Gasteiger partial charge in [0.15, 0.2) is 0 Å². The molecule has 0 radical (unpaired) electrons. The van der Waals surface area contributed by atoms with Gasteiger partial charge in [0.2, 0.25) is 0 Å². The van der Waals surface area contributed by atoms with Crippen LogP contribution in [0.1, 0.15) is 53.7 Å². The van der Waals surface area contributed by atoms with Gasteiger partial charge in [-0.25, -0.2) is 0 Å². The van der Waals surface area contributed by atoms with Gasteiger partial charge in [0, 0.05) is 18.0 Å². The van der Waals surface area contributed by atoms with E-state index in [0.29, 0.717) is 6.54 Å². The molecule has 108 valence electrons. The summed E-state index contributed by atoms with van der Waals surface area (Å²) in [4.78, 5) is 14.0. The average Bonchev–Trinajstić information content (AvgIpc) is 2.76. The zero-order valence-corrected chi connectivity index (χ0v) is 13.2. The van der Waals surface area contributed by atoms with Crippen molar-refractivity contribution in [2.45, 2.75) is 47.0 Å². The first-order valence-electron chi connectivity index (χ1n) is 6.88. The maximum Gasteiger partial charge on any atom is 0.261 e. The van der Waals surface area contributed by atoms with Crippen molar-refractivity contribution >= 4 is 17.2 Å². The largest absolute Gasteiger partial charge is 0.396 e. The molecule has 0 saturated heterocycles. The number of hydrogen-bond acceptors (Lipinski definition) is 3. The highest BCUT2D eigenvalue weighted by Gasteiger charge is 2.16. The van der Waals surface area contributed by atoms with Crippen LogP contribution in [0.5, 0.6) is 0 Å². The summed E-state index contributed by atoms with van der Waals surface area (Å²) >= 11 is 1.56. The second-order valence-electron chi connectivity index (χ2n) is 5.73. The quantitative estimate of drug-likeness (QED) is 0.755. The van der Waals surface area contributed by atoms with Gasteiger partial charge in [-0.1, -0.05) is 20.8 Å². The molecule has 19 heavy (non-hydrogen) atoms. The summed E-state index contributed by atoms with van der Waals surface area (Å²) in [6.45, 7) is 9.08. The zero-order valence-electron chi connectivity index (χ0n) is 12.4. The summed E-state index contributed by atoms with van der Waals surface area (Å²) in [5.41, 5.74) is 1.20. The van der Waals surface area contributed by atoms with Gasteiger partial charge in [0.05, 0.1) is 4.88 Å². The van der Waals surface area contributed by atoms with Gasteiger partial charge in [-0.2, -0.15) is 0 Å². The first-order valence-corrected chi connectivity index (χ1v) is 7.69.